The molecule has 0 radical (unpaired) electrons. The molecule has 0 heterocycles. The predicted octanol–water partition coefficient (Wildman–Crippen LogP) is 7.06. The third kappa shape index (κ3) is 7.43. The molecule has 140 valence electrons. The molecule has 1 aliphatic rings. The minimum absolute atomic E-state index is 0.962. The maximum absolute atomic E-state index is 4.73. The maximum Gasteiger partial charge on any atom is 0.0593 e. The van der Waals surface area contributed by atoms with Crippen molar-refractivity contribution in [2.24, 2.45) is 5.10 Å². The first kappa shape index (κ1) is 20.2. The van der Waals surface area contributed by atoms with E-state index in [2.05, 4.69) is 54.9 Å². The summed E-state index contributed by atoms with van der Waals surface area (Å²) in [4.78, 5) is 0. The molecule has 0 aromatic heterocycles. The quantitative estimate of drug-likeness (QED) is 0.211. The Hall–Kier alpha value is -2.09. The molecule has 2 rings (SSSR count). The zero-order valence-electron chi connectivity index (χ0n) is 16.4. The van der Waals surface area contributed by atoms with Gasteiger partial charge in [0.2, 0.25) is 0 Å². The molecule has 0 saturated heterocycles. The molecule has 0 saturated carbocycles. The number of hydrazone groups is 1. The molecule has 2 nitrogen and oxygen atoms in total. The highest BCUT2D eigenvalue weighted by Crippen LogP contribution is 2.18. The predicted molar refractivity (Wildman–Crippen MR) is 116 cm³/mol. The Morgan fingerprint density at radius 3 is 2.19 bits per heavy atom. The van der Waals surface area contributed by atoms with E-state index in [9.17, 15) is 0 Å². The Kier molecular flexibility index (Phi) is 9.56. The lowest BCUT2D eigenvalue weighted by molar-refractivity contribution is 0.563. The van der Waals surface area contributed by atoms with E-state index in [-0.39, 0.29) is 0 Å². The SMILES string of the molecule is C=C1C=CC=C1/C=N/N(CCCCCCCCCCC)c1ccccc1. The molecule has 0 N–H and O–H groups in total. The van der Waals surface area contributed by atoms with Gasteiger partial charge in [-0.05, 0) is 24.1 Å². The third-order valence-corrected chi connectivity index (χ3v) is 4.81. The highest BCUT2D eigenvalue weighted by molar-refractivity contribution is 5.88. The lowest BCUT2D eigenvalue weighted by Crippen LogP contribution is -2.18. The Bertz CT molecular complexity index is 610. The summed E-state index contributed by atoms with van der Waals surface area (Å²) in [7, 11) is 0. The second-order valence-corrected chi connectivity index (χ2v) is 7.04. The van der Waals surface area contributed by atoms with Gasteiger partial charge in [0.15, 0.2) is 0 Å². The fraction of sp³-hybridized carbons (Fsp3) is 0.458. The first-order valence-corrected chi connectivity index (χ1v) is 10.3. The zero-order chi connectivity index (χ0) is 18.5. The van der Waals surface area contributed by atoms with Gasteiger partial charge >= 0.3 is 0 Å². The van der Waals surface area contributed by atoms with Gasteiger partial charge in [0, 0.05) is 12.1 Å². The van der Waals surface area contributed by atoms with Crippen molar-refractivity contribution in [3.63, 3.8) is 0 Å². The number of benzene rings is 1. The lowest BCUT2D eigenvalue weighted by Gasteiger charge is -2.19. The zero-order valence-corrected chi connectivity index (χ0v) is 16.4. The van der Waals surface area contributed by atoms with E-state index in [1.807, 2.05) is 18.4 Å². The van der Waals surface area contributed by atoms with Crippen LogP contribution in [0.15, 0.2) is 71.4 Å². The van der Waals surface area contributed by atoms with Gasteiger partial charge in [-0.25, -0.2) is 0 Å². The Balaban J connectivity index is 1.75. The molecule has 0 unspecified atom stereocenters. The van der Waals surface area contributed by atoms with Gasteiger partial charge in [-0.3, -0.25) is 5.01 Å². The van der Waals surface area contributed by atoms with Crippen LogP contribution in [0.5, 0.6) is 0 Å². The number of rotatable bonds is 13. The first-order valence-electron chi connectivity index (χ1n) is 10.3. The molecule has 2 heteroatoms. The van der Waals surface area contributed by atoms with Crippen LogP contribution in [0, 0.1) is 0 Å². The fourth-order valence-electron chi connectivity index (χ4n) is 3.15. The molecule has 0 spiro atoms. The van der Waals surface area contributed by atoms with Crippen LogP contribution in [0.25, 0.3) is 0 Å². The van der Waals surface area contributed by atoms with Gasteiger partial charge in [0.25, 0.3) is 0 Å². The molecule has 0 amide bonds. The highest BCUT2D eigenvalue weighted by Gasteiger charge is 2.06. The van der Waals surface area contributed by atoms with E-state index in [4.69, 9.17) is 5.10 Å². The molecule has 1 aromatic carbocycles. The van der Waals surface area contributed by atoms with Crippen LogP contribution in [0.1, 0.15) is 64.7 Å². The number of hydrogen-bond acceptors (Lipinski definition) is 2. The van der Waals surface area contributed by atoms with Crippen LogP contribution in [0.3, 0.4) is 0 Å². The Morgan fingerprint density at radius 2 is 1.58 bits per heavy atom. The summed E-state index contributed by atoms with van der Waals surface area (Å²) in [6, 6.07) is 10.4. The number of para-hydroxylation sites is 1. The minimum atomic E-state index is 0.962. The fourth-order valence-corrected chi connectivity index (χ4v) is 3.15. The second-order valence-electron chi connectivity index (χ2n) is 7.04. The van der Waals surface area contributed by atoms with Gasteiger partial charge in [0.05, 0.1) is 11.9 Å². The summed E-state index contributed by atoms with van der Waals surface area (Å²) in [6.07, 6.45) is 20.1. The van der Waals surface area contributed by atoms with Crippen LogP contribution in [0.2, 0.25) is 0 Å². The van der Waals surface area contributed by atoms with E-state index >= 15 is 0 Å². The number of allylic oxidation sites excluding steroid dienone is 5. The molecule has 0 aliphatic heterocycles. The summed E-state index contributed by atoms with van der Waals surface area (Å²) in [5.41, 5.74) is 3.28. The molecule has 0 fully saturated rings. The van der Waals surface area contributed by atoms with Gasteiger partial charge in [0.1, 0.15) is 0 Å². The molecule has 0 atom stereocenters. The average molecular weight is 351 g/mol. The number of hydrogen-bond donors (Lipinski definition) is 0. The van der Waals surface area contributed by atoms with Crippen LogP contribution in [-0.2, 0) is 0 Å². The van der Waals surface area contributed by atoms with E-state index in [1.54, 1.807) is 0 Å². The van der Waals surface area contributed by atoms with Gasteiger partial charge in [-0.2, -0.15) is 5.10 Å². The van der Waals surface area contributed by atoms with Crippen molar-refractivity contribution >= 4 is 11.9 Å². The summed E-state index contributed by atoms with van der Waals surface area (Å²) in [5, 5.41) is 6.85. The van der Waals surface area contributed by atoms with Crippen molar-refractivity contribution in [1.29, 1.82) is 0 Å². The Labute approximate surface area is 160 Å². The van der Waals surface area contributed by atoms with Crippen LogP contribution in [0.4, 0.5) is 5.69 Å². The smallest absolute Gasteiger partial charge is 0.0593 e. The largest absolute Gasteiger partial charge is 0.266 e. The average Bonchev–Trinajstić information content (AvgIpc) is 3.08. The van der Waals surface area contributed by atoms with Gasteiger partial charge in [-0.15, -0.1) is 0 Å². The van der Waals surface area contributed by atoms with Crippen molar-refractivity contribution in [2.75, 3.05) is 11.6 Å². The molecule has 1 aliphatic carbocycles. The van der Waals surface area contributed by atoms with Crippen LogP contribution in [-0.4, -0.2) is 12.8 Å². The van der Waals surface area contributed by atoms with E-state index in [0.717, 1.165) is 23.4 Å². The second kappa shape index (κ2) is 12.3. The first-order chi connectivity index (χ1) is 12.8. The van der Waals surface area contributed by atoms with E-state index in [0.29, 0.717) is 0 Å². The number of unbranched alkanes of at least 4 members (excludes halogenated alkanes) is 8. The summed E-state index contributed by atoms with van der Waals surface area (Å²) >= 11 is 0. The normalized spacial score (nSPS) is 13.6. The standard InChI is InChI=1S/C24H34N2/c1-3-4-5-6-7-8-9-10-14-20-26(24-18-12-11-13-19-24)25-21-23-17-15-16-22(23)2/h11-13,15-19,21H,2-10,14,20H2,1H3/b25-21+. The van der Waals surface area contributed by atoms with Gasteiger partial charge < -0.3 is 0 Å². The van der Waals surface area contributed by atoms with Crippen LogP contribution < -0.4 is 5.01 Å². The molecule has 1 aromatic rings. The van der Waals surface area contributed by atoms with Crippen LogP contribution >= 0.6 is 0 Å². The monoisotopic (exact) mass is 350 g/mol. The highest BCUT2D eigenvalue weighted by atomic mass is 15.4. The summed E-state index contributed by atoms with van der Waals surface area (Å²) in [5.74, 6) is 0. The topological polar surface area (TPSA) is 15.6 Å². The van der Waals surface area contributed by atoms with Crippen molar-refractivity contribution in [2.45, 2.75) is 64.7 Å². The van der Waals surface area contributed by atoms with Crippen molar-refractivity contribution in [1.82, 2.24) is 0 Å². The summed E-state index contributed by atoms with van der Waals surface area (Å²) < 4.78 is 0. The van der Waals surface area contributed by atoms with Crippen molar-refractivity contribution in [3.05, 3.63) is 66.3 Å². The van der Waals surface area contributed by atoms with E-state index in [1.165, 1.54) is 57.8 Å². The maximum atomic E-state index is 4.73. The number of nitrogens with zero attached hydrogens (tertiary/aromatic N) is 2. The molecule has 26 heavy (non-hydrogen) atoms. The molecule has 0 bridgehead atoms. The third-order valence-electron chi connectivity index (χ3n) is 4.81. The Morgan fingerprint density at radius 1 is 0.923 bits per heavy atom. The molecular formula is C24H34N2. The van der Waals surface area contributed by atoms with Gasteiger partial charge in [-0.1, -0.05) is 101 Å². The lowest BCUT2D eigenvalue weighted by atomic mass is 10.1. The van der Waals surface area contributed by atoms with E-state index < -0.39 is 0 Å². The summed E-state index contributed by atoms with van der Waals surface area (Å²) in [6.45, 7) is 7.28. The van der Waals surface area contributed by atoms with Crippen molar-refractivity contribution < 1.29 is 0 Å². The van der Waals surface area contributed by atoms with Crippen molar-refractivity contribution in [3.8, 4) is 0 Å². The molecular weight excluding hydrogens is 316 g/mol. The minimum Gasteiger partial charge on any atom is -0.266 e. The number of anilines is 1.